The molecule has 0 aliphatic heterocycles. The van der Waals surface area contributed by atoms with Crippen LogP contribution in [0.25, 0.3) is 22.3 Å². The van der Waals surface area contributed by atoms with E-state index in [-0.39, 0.29) is 5.41 Å². The van der Waals surface area contributed by atoms with Crippen LogP contribution in [0.15, 0.2) is 152 Å². The molecule has 0 fully saturated rings. The van der Waals surface area contributed by atoms with Crippen LogP contribution >= 0.6 is 0 Å². The van der Waals surface area contributed by atoms with Crippen molar-refractivity contribution in [3.8, 4) is 22.3 Å². The zero-order valence-corrected chi connectivity index (χ0v) is 23.2. The summed E-state index contributed by atoms with van der Waals surface area (Å²) >= 11 is 0. The van der Waals surface area contributed by atoms with Gasteiger partial charge < -0.3 is 16.4 Å². The number of fused-ring (bicyclic) bond motifs is 10. The average Bonchev–Trinajstić information content (AvgIpc) is 3.53. The van der Waals surface area contributed by atoms with E-state index in [1.54, 1.807) is 0 Å². The first-order chi connectivity index (χ1) is 20.7. The third-order valence-electron chi connectivity index (χ3n) is 9.16. The van der Waals surface area contributed by atoms with Crippen LogP contribution in [0.1, 0.15) is 45.7 Å². The van der Waals surface area contributed by atoms with Gasteiger partial charge in [0.2, 0.25) is 0 Å². The third-order valence-corrected chi connectivity index (χ3v) is 9.16. The smallest absolute Gasteiger partial charge is 0.105 e. The second-order valence-corrected chi connectivity index (χ2v) is 11.2. The van der Waals surface area contributed by atoms with E-state index < -0.39 is 12.3 Å². The van der Waals surface area contributed by atoms with Crippen LogP contribution in [0.4, 0.5) is 5.69 Å². The molecule has 0 amide bonds. The first-order valence-corrected chi connectivity index (χ1v) is 14.5. The molecule has 6 aromatic rings. The molecule has 4 N–H and O–H groups in total. The van der Waals surface area contributed by atoms with Gasteiger partial charge in [-0.1, -0.05) is 133 Å². The molecule has 0 bridgehead atoms. The largest absolute Gasteiger partial charge is 0.333 e. The molecule has 6 aromatic carbocycles. The Hall–Kier alpha value is -4.96. The highest BCUT2D eigenvalue weighted by atomic mass is 15.3. The van der Waals surface area contributed by atoms with E-state index in [4.69, 9.17) is 11.5 Å². The lowest BCUT2D eigenvalue weighted by molar-refractivity contribution is 0.552. The Bertz CT molecular complexity index is 1880. The Morgan fingerprint density at radius 3 is 1.40 bits per heavy atom. The van der Waals surface area contributed by atoms with Gasteiger partial charge in [-0.2, -0.15) is 0 Å². The van der Waals surface area contributed by atoms with Gasteiger partial charge in [0.05, 0.1) is 5.41 Å². The minimum absolute atomic E-state index is 0.360. The number of anilines is 1. The van der Waals surface area contributed by atoms with Gasteiger partial charge in [-0.3, -0.25) is 0 Å². The third kappa shape index (κ3) is 3.41. The Balaban J connectivity index is 1.32. The first-order valence-electron chi connectivity index (χ1n) is 14.5. The second kappa shape index (κ2) is 9.56. The zero-order valence-electron chi connectivity index (χ0n) is 23.2. The van der Waals surface area contributed by atoms with Gasteiger partial charge in [-0.25, -0.2) is 0 Å². The van der Waals surface area contributed by atoms with Crippen LogP contribution in [0.5, 0.6) is 0 Å². The van der Waals surface area contributed by atoms with Crippen LogP contribution in [0.2, 0.25) is 0 Å². The molecule has 2 aliphatic rings. The Morgan fingerprint density at radius 2 is 0.833 bits per heavy atom. The zero-order chi connectivity index (χ0) is 28.3. The molecule has 0 radical (unpaired) electrons. The van der Waals surface area contributed by atoms with Crippen molar-refractivity contribution in [3.63, 3.8) is 0 Å². The minimum Gasteiger partial charge on any atom is -0.333 e. The monoisotopic (exact) mass is 541 g/mol. The summed E-state index contributed by atoms with van der Waals surface area (Å²) in [4.78, 5) is 2.12. The second-order valence-electron chi connectivity index (χ2n) is 11.2. The van der Waals surface area contributed by atoms with E-state index >= 15 is 0 Å². The maximum absolute atomic E-state index is 7.17. The van der Waals surface area contributed by atoms with Gasteiger partial charge in [0.25, 0.3) is 0 Å². The molecule has 2 atom stereocenters. The number of para-hydroxylation sites is 1. The van der Waals surface area contributed by atoms with Crippen LogP contribution < -0.4 is 16.4 Å². The molecule has 0 aromatic heterocycles. The first kappa shape index (κ1) is 24.8. The standard InChI is InChI=1S/C39H31N3/c40-37(26-13-3-1-4-14-26)42(28-15-5-2-6-16-28)38(41)27-23-24-36-32(25-27)31-19-9-12-22-35(31)39(36)33-20-10-7-17-29(33)30-18-8-11-21-34(30)39/h1-25,37-38H,40-41H2. The van der Waals surface area contributed by atoms with Crippen molar-refractivity contribution >= 4 is 5.69 Å². The van der Waals surface area contributed by atoms with Crippen molar-refractivity contribution < 1.29 is 0 Å². The fourth-order valence-corrected chi connectivity index (χ4v) is 7.37. The molecule has 1 spiro atoms. The lowest BCUT2D eigenvalue weighted by atomic mass is 9.70. The van der Waals surface area contributed by atoms with E-state index in [1.807, 2.05) is 36.4 Å². The predicted molar refractivity (Wildman–Crippen MR) is 172 cm³/mol. The highest BCUT2D eigenvalue weighted by Gasteiger charge is 2.51. The van der Waals surface area contributed by atoms with E-state index in [0.717, 1.165) is 16.8 Å². The molecular weight excluding hydrogens is 510 g/mol. The highest BCUT2D eigenvalue weighted by Crippen LogP contribution is 2.62. The molecule has 2 aliphatic carbocycles. The van der Waals surface area contributed by atoms with Gasteiger partial charge in [0.1, 0.15) is 12.3 Å². The summed E-state index contributed by atoms with van der Waals surface area (Å²) in [6.45, 7) is 0. The SMILES string of the molecule is NC(c1ccccc1)N(c1ccccc1)C(N)c1ccc2c(c1)-c1ccccc1C21c2ccccc2-c2ccccc21. The normalized spacial score (nSPS) is 14.9. The summed E-state index contributed by atoms with van der Waals surface area (Å²) in [6, 6.07) is 53.8. The molecule has 202 valence electrons. The summed E-state index contributed by atoms with van der Waals surface area (Å²) in [5, 5.41) is 0. The topological polar surface area (TPSA) is 55.3 Å². The molecular formula is C39H31N3. The molecule has 3 nitrogen and oxygen atoms in total. The highest BCUT2D eigenvalue weighted by molar-refractivity contribution is 5.95. The van der Waals surface area contributed by atoms with Crippen LogP contribution in [-0.4, -0.2) is 0 Å². The molecule has 0 heterocycles. The van der Waals surface area contributed by atoms with Gasteiger partial charge in [-0.05, 0) is 73.8 Å². The fraction of sp³-hybridized carbons (Fsp3) is 0.0769. The number of hydrogen-bond acceptors (Lipinski definition) is 3. The molecule has 2 unspecified atom stereocenters. The number of hydrogen-bond donors (Lipinski definition) is 2. The van der Waals surface area contributed by atoms with Crippen molar-refractivity contribution in [2.75, 3.05) is 4.90 Å². The van der Waals surface area contributed by atoms with Crippen molar-refractivity contribution in [1.82, 2.24) is 0 Å². The Morgan fingerprint density at radius 1 is 0.405 bits per heavy atom. The lowest BCUT2D eigenvalue weighted by Gasteiger charge is -2.37. The van der Waals surface area contributed by atoms with Gasteiger partial charge >= 0.3 is 0 Å². The molecule has 8 rings (SSSR count). The summed E-state index contributed by atoms with van der Waals surface area (Å²) in [5.41, 5.74) is 27.2. The minimum atomic E-state index is -0.459. The maximum atomic E-state index is 7.17. The number of nitrogens with zero attached hydrogens (tertiary/aromatic N) is 1. The Kier molecular flexibility index (Phi) is 5.65. The number of nitrogens with two attached hydrogens (primary N) is 2. The van der Waals surface area contributed by atoms with Gasteiger partial charge in [0.15, 0.2) is 0 Å². The number of rotatable bonds is 5. The van der Waals surface area contributed by atoms with Gasteiger partial charge in [-0.15, -0.1) is 0 Å². The molecule has 0 saturated carbocycles. The van der Waals surface area contributed by atoms with Crippen molar-refractivity contribution in [2.45, 2.75) is 17.7 Å². The van der Waals surface area contributed by atoms with Crippen molar-refractivity contribution in [1.29, 1.82) is 0 Å². The van der Waals surface area contributed by atoms with Crippen LogP contribution in [-0.2, 0) is 5.41 Å². The van der Waals surface area contributed by atoms with Gasteiger partial charge in [0, 0.05) is 5.69 Å². The summed E-state index contributed by atoms with van der Waals surface area (Å²) in [7, 11) is 0. The molecule has 0 saturated heterocycles. The summed E-state index contributed by atoms with van der Waals surface area (Å²) in [5.74, 6) is 0. The average molecular weight is 542 g/mol. The lowest BCUT2D eigenvalue weighted by Crippen LogP contribution is -2.41. The molecule has 3 heteroatoms. The predicted octanol–water partition coefficient (Wildman–Crippen LogP) is 8.15. The molecule has 42 heavy (non-hydrogen) atoms. The summed E-state index contributed by atoms with van der Waals surface area (Å²) in [6.07, 6.45) is -0.871. The fourth-order valence-electron chi connectivity index (χ4n) is 7.37. The Labute approximate surface area is 246 Å². The van der Waals surface area contributed by atoms with E-state index in [9.17, 15) is 0 Å². The van der Waals surface area contributed by atoms with E-state index in [1.165, 1.54) is 44.5 Å². The van der Waals surface area contributed by atoms with Crippen molar-refractivity contribution in [3.05, 3.63) is 185 Å². The maximum Gasteiger partial charge on any atom is 0.105 e. The quantitative estimate of drug-likeness (QED) is 0.216. The van der Waals surface area contributed by atoms with E-state index in [2.05, 4.69) is 120 Å². The van der Waals surface area contributed by atoms with E-state index in [0.29, 0.717) is 0 Å². The summed E-state index contributed by atoms with van der Waals surface area (Å²) < 4.78 is 0. The van der Waals surface area contributed by atoms with Crippen LogP contribution in [0.3, 0.4) is 0 Å². The van der Waals surface area contributed by atoms with Crippen molar-refractivity contribution in [2.24, 2.45) is 11.5 Å². The van der Waals surface area contributed by atoms with Crippen LogP contribution in [0, 0.1) is 0 Å². The number of benzene rings is 6.